The Morgan fingerprint density at radius 1 is 1.11 bits per heavy atom. The van der Waals surface area contributed by atoms with E-state index in [1.54, 1.807) is 6.07 Å². The molecule has 0 bridgehead atoms. The Bertz CT molecular complexity index is 550. The van der Waals surface area contributed by atoms with E-state index in [1.807, 2.05) is 56.3 Å². The summed E-state index contributed by atoms with van der Waals surface area (Å²) in [4.78, 5) is 16.4. The predicted octanol–water partition coefficient (Wildman–Crippen LogP) is 3.29. The topological polar surface area (TPSA) is 39.2 Å². The van der Waals surface area contributed by atoms with Crippen LogP contribution in [0.2, 0.25) is 0 Å². The fourth-order valence-electron chi connectivity index (χ4n) is 1.75. The Kier molecular flexibility index (Phi) is 4.29. The van der Waals surface area contributed by atoms with Gasteiger partial charge in [0.2, 0.25) is 5.88 Å². The van der Waals surface area contributed by atoms with Crippen molar-refractivity contribution in [2.45, 2.75) is 26.4 Å². The average molecular weight is 255 g/mol. The maximum atomic E-state index is 12.1. The Labute approximate surface area is 113 Å². The van der Waals surface area contributed by atoms with E-state index in [2.05, 4.69) is 4.98 Å². The van der Waals surface area contributed by atoms with E-state index in [9.17, 15) is 4.79 Å². The molecule has 0 amide bonds. The van der Waals surface area contributed by atoms with Gasteiger partial charge in [0.25, 0.3) is 0 Å². The molecule has 0 aliphatic carbocycles. The molecule has 1 aromatic carbocycles. The van der Waals surface area contributed by atoms with Crippen LogP contribution in [0, 0.1) is 0 Å². The van der Waals surface area contributed by atoms with Gasteiger partial charge in [-0.15, -0.1) is 0 Å². The van der Waals surface area contributed by atoms with Crippen LogP contribution >= 0.6 is 0 Å². The highest BCUT2D eigenvalue weighted by atomic mass is 16.5. The molecule has 0 aliphatic rings. The molecule has 1 aromatic heterocycles. The summed E-state index contributed by atoms with van der Waals surface area (Å²) in [6.07, 6.45) is 0.367. The maximum Gasteiger partial charge on any atom is 0.213 e. The lowest BCUT2D eigenvalue weighted by Crippen LogP contribution is -2.09. The summed E-state index contributed by atoms with van der Waals surface area (Å²) in [7, 11) is 0. The highest BCUT2D eigenvalue weighted by molar-refractivity contribution is 5.97. The highest BCUT2D eigenvalue weighted by Gasteiger charge is 2.08. The first-order valence-electron chi connectivity index (χ1n) is 6.36. The third-order valence-corrected chi connectivity index (χ3v) is 2.58. The Morgan fingerprint density at radius 3 is 2.53 bits per heavy atom. The smallest absolute Gasteiger partial charge is 0.213 e. The van der Waals surface area contributed by atoms with Crippen molar-refractivity contribution in [1.82, 2.24) is 4.98 Å². The van der Waals surface area contributed by atoms with Crippen molar-refractivity contribution in [3.8, 4) is 5.88 Å². The lowest BCUT2D eigenvalue weighted by atomic mass is 10.1. The minimum absolute atomic E-state index is 0.0646. The van der Waals surface area contributed by atoms with Crippen molar-refractivity contribution in [3.05, 3.63) is 59.8 Å². The molecule has 2 rings (SSSR count). The van der Waals surface area contributed by atoms with Gasteiger partial charge in [-0.05, 0) is 19.9 Å². The number of ketones is 1. The average Bonchev–Trinajstić information content (AvgIpc) is 2.39. The monoisotopic (exact) mass is 255 g/mol. The minimum atomic E-state index is 0.0646. The zero-order valence-electron chi connectivity index (χ0n) is 11.2. The van der Waals surface area contributed by atoms with Crippen LogP contribution in [0.4, 0.5) is 0 Å². The van der Waals surface area contributed by atoms with Crippen LogP contribution in [0.1, 0.15) is 29.9 Å². The van der Waals surface area contributed by atoms with Crippen LogP contribution in [-0.4, -0.2) is 16.9 Å². The quantitative estimate of drug-likeness (QED) is 0.769. The second-order valence-electron chi connectivity index (χ2n) is 4.60. The number of carbonyl (C=O) groups is 1. The second-order valence-corrected chi connectivity index (χ2v) is 4.60. The fourth-order valence-corrected chi connectivity index (χ4v) is 1.75. The molecule has 2 aromatic rings. The summed E-state index contributed by atoms with van der Waals surface area (Å²) in [5.41, 5.74) is 1.44. The van der Waals surface area contributed by atoms with E-state index in [0.29, 0.717) is 17.9 Å². The molecule has 0 N–H and O–H groups in total. The van der Waals surface area contributed by atoms with E-state index in [4.69, 9.17) is 4.74 Å². The molecule has 0 atom stereocenters. The Hall–Kier alpha value is -2.16. The van der Waals surface area contributed by atoms with E-state index in [1.165, 1.54) is 0 Å². The molecule has 0 fully saturated rings. The largest absolute Gasteiger partial charge is 0.475 e. The van der Waals surface area contributed by atoms with Crippen LogP contribution in [0.3, 0.4) is 0 Å². The SMILES string of the molecule is CC(C)Oc1cccc(CC(=O)c2ccccc2)n1. The molecule has 0 saturated heterocycles. The number of benzene rings is 1. The van der Waals surface area contributed by atoms with Gasteiger partial charge >= 0.3 is 0 Å². The van der Waals surface area contributed by atoms with Gasteiger partial charge in [0.05, 0.1) is 18.2 Å². The number of aromatic nitrogens is 1. The first-order chi connectivity index (χ1) is 9.15. The number of ether oxygens (including phenoxy) is 1. The summed E-state index contributed by atoms with van der Waals surface area (Å²) in [6, 6.07) is 14.8. The number of Topliss-reactive ketones (excluding diaryl/α,β-unsaturated/α-hetero) is 1. The normalized spacial score (nSPS) is 10.5. The molecule has 1 heterocycles. The third kappa shape index (κ3) is 3.91. The van der Waals surface area contributed by atoms with Gasteiger partial charge in [0, 0.05) is 11.6 Å². The Morgan fingerprint density at radius 2 is 1.84 bits per heavy atom. The summed E-state index contributed by atoms with van der Waals surface area (Å²) in [6.45, 7) is 3.90. The van der Waals surface area contributed by atoms with Gasteiger partial charge < -0.3 is 4.74 Å². The van der Waals surface area contributed by atoms with Gasteiger partial charge in [-0.3, -0.25) is 4.79 Å². The molecule has 0 spiro atoms. The number of carbonyl (C=O) groups excluding carboxylic acids is 1. The molecule has 3 heteroatoms. The van der Waals surface area contributed by atoms with Crippen LogP contribution in [0.25, 0.3) is 0 Å². The van der Waals surface area contributed by atoms with Crippen molar-refractivity contribution >= 4 is 5.78 Å². The van der Waals surface area contributed by atoms with E-state index >= 15 is 0 Å². The molecular weight excluding hydrogens is 238 g/mol. The van der Waals surface area contributed by atoms with E-state index in [0.717, 1.165) is 5.69 Å². The zero-order chi connectivity index (χ0) is 13.7. The Balaban J connectivity index is 2.09. The third-order valence-electron chi connectivity index (χ3n) is 2.58. The molecule has 0 unspecified atom stereocenters. The van der Waals surface area contributed by atoms with Gasteiger partial charge in [0.1, 0.15) is 0 Å². The number of nitrogens with zero attached hydrogens (tertiary/aromatic N) is 1. The first-order valence-corrected chi connectivity index (χ1v) is 6.36. The molecule has 0 radical (unpaired) electrons. The van der Waals surface area contributed by atoms with Crippen molar-refractivity contribution in [2.75, 3.05) is 0 Å². The standard InChI is InChI=1S/C16H17NO2/c1-12(2)19-16-10-6-9-14(17-16)11-15(18)13-7-4-3-5-8-13/h3-10,12H,11H2,1-2H3. The molecule has 0 saturated carbocycles. The lowest BCUT2D eigenvalue weighted by Gasteiger charge is -2.09. The number of rotatable bonds is 5. The number of pyridine rings is 1. The van der Waals surface area contributed by atoms with Crippen molar-refractivity contribution < 1.29 is 9.53 Å². The first kappa shape index (κ1) is 13.3. The number of hydrogen-bond acceptors (Lipinski definition) is 3. The van der Waals surface area contributed by atoms with Gasteiger partial charge in [-0.2, -0.15) is 0 Å². The molecule has 3 nitrogen and oxygen atoms in total. The number of hydrogen-bond donors (Lipinski definition) is 0. The molecule has 98 valence electrons. The van der Waals surface area contributed by atoms with Gasteiger partial charge in [0.15, 0.2) is 5.78 Å². The van der Waals surface area contributed by atoms with Crippen LogP contribution in [0.5, 0.6) is 5.88 Å². The summed E-state index contributed by atoms with van der Waals surface area (Å²) in [5.74, 6) is 0.628. The van der Waals surface area contributed by atoms with Gasteiger partial charge in [-0.1, -0.05) is 36.4 Å². The van der Waals surface area contributed by atoms with Crippen LogP contribution in [-0.2, 0) is 6.42 Å². The van der Waals surface area contributed by atoms with Gasteiger partial charge in [-0.25, -0.2) is 4.98 Å². The zero-order valence-corrected chi connectivity index (χ0v) is 11.2. The fraction of sp³-hybridized carbons (Fsp3) is 0.250. The lowest BCUT2D eigenvalue weighted by molar-refractivity contribution is 0.0992. The van der Waals surface area contributed by atoms with E-state index < -0.39 is 0 Å². The summed E-state index contributed by atoms with van der Waals surface area (Å²) >= 11 is 0. The van der Waals surface area contributed by atoms with Crippen LogP contribution in [0.15, 0.2) is 48.5 Å². The van der Waals surface area contributed by atoms with Crippen LogP contribution < -0.4 is 4.74 Å². The van der Waals surface area contributed by atoms with Crippen molar-refractivity contribution in [1.29, 1.82) is 0 Å². The highest BCUT2D eigenvalue weighted by Crippen LogP contribution is 2.12. The predicted molar refractivity (Wildman–Crippen MR) is 74.5 cm³/mol. The summed E-state index contributed by atoms with van der Waals surface area (Å²) < 4.78 is 5.52. The maximum absolute atomic E-state index is 12.1. The van der Waals surface area contributed by atoms with E-state index in [-0.39, 0.29) is 11.9 Å². The molecular formula is C16H17NO2. The van der Waals surface area contributed by atoms with Crippen molar-refractivity contribution in [3.63, 3.8) is 0 Å². The summed E-state index contributed by atoms with van der Waals surface area (Å²) in [5, 5.41) is 0. The van der Waals surface area contributed by atoms with Crippen molar-refractivity contribution in [2.24, 2.45) is 0 Å². The molecule has 0 aliphatic heterocycles. The minimum Gasteiger partial charge on any atom is -0.475 e. The molecule has 19 heavy (non-hydrogen) atoms. The second kappa shape index (κ2) is 6.14.